The van der Waals surface area contributed by atoms with E-state index in [2.05, 4.69) is 0 Å². The van der Waals surface area contributed by atoms with Crippen LogP contribution in [-0.2, 0) is 0 Å². The van der Waals surface area contributed by atoms with Crippen molar-refractivity contribution in [3.05, 3.63) is 33.4 Å². The van der Waals surface area contributed by atoms with Gasteiger partial charge in [-0.2, -0.15) is 0 Å². The van der Waals surface area contributed by atoms with Crippen LogP contribution in [0.5, 0.6) is 5.75 Å². The Kier molecular flexibility index (Phi) is 4.17. The van der Waals surface area contributed by atoms with Gasteiger partial charge in [-0.3, -0.25) is 19.7 Å². The number of nitro benzene ring substituents is 1. The maximum absolute atomic E-state index is 11.5. The van der Waals surface area contributed by atoms with E-state index >= 15 is 0 Å². The normalized spacial score (nSPS) is 9.76. The topological polar surface area (TPSA) is 86.5 Å². The molecule has 0 aliphatic heterocycles. The molecule has 0 saturated heterocycles. The second kappa shape index (κ2) is 5.40. The number of hydrogen-bond donors (Lipinski definition) is 0. The number of carbonyl (C=O) groups is 2. The molecule has 0 bridgehead atoms. The first-order chi connectivity index (χ1) is 8.04. The van der Waals surface area contributed by atoms with E-state index in [1.807, 2.05) is 0 Å². The van der Waals surface area contributed by atoms with Gasteiger partial charge in [0.2, 0.25) is 0 Å². The highest BCUT2D eigenvalue weighted by molar-refractivity contribution is 6.31. The highest BCUT2D eigenvalue weighted by Gasteiger charge is 2.26. The number of methoxy groups -OCH3 is 1. The van der Waals surface area contributed by atoms with Crippen molar-refractivity contribution < 1.29 is 19.2 Å². The molecule has 1 aromatic carbocycles. The number of alkyl halides is 1. The fourth-order valence-electron chi connectivity index (χ4n) is 1.33. The third kappa shape index (κ3) is 2.59. The fourth-order valence-corrected chi connectivity index (χ4v) is 1.47. The zero-order chi connectivity index (χ0) is 13.0. The minimum Gasteiger partial charge on any atom is -0.490 e. The van der Waals surface area contributed by atoms with Crippen LogP contribution in [0.15, 0.2) is 12.1 Å². The highest BCUT2D eigenvalue weighted by atomic mass is 35.5. The summed E-state index contributed by atoms with van der Waals surface area (Å²) in [5.74, 6) is -1.19. The predicted molar refractivity (Wildman–Crippen MR) is 60.1 cm³/mol. The van der Waals surface area contributed by atoms with Gasteiger partial charge in [0.15, 0.2) is 11.5 Å². The Balaban J connectivity index is 3.57. The second-order valence-electron chi connectivity index (χ2n) is 3.05. The zero-order valence-corrected chi connectivity index (χ0v) is 9.56. The summed E-state index contributed by atoms with van der Waals surface area (Å²) in [6.07, 6.45) is 0.470. The van der Waals surface area contributed by atoms with Crippen molar-refractivity contribution in [1.29, 1.82) is 0 Å². The van der Waals surface area contributed by atoms with Crippen molar-refractivity contribution in [3.8, 4) is 5.75 Å². The van der Waals surface area contributed by atoms with Crippen molar-refractivity contribution in [2.75, 3.05) is 13.0 Å². The first kappa shape index (κ1) is 13.1. The lowest BCUT2D eigenvalue weighted by atomic mass is 10.1. The van der Waals surface area contributed by atoms with Crippen LogP contribution in [0.3, 0.4) is 0 Å². The predicted octanol–water partition coefficient (Wildman–Crippen LogP) is 1.84. The largest absolute Gasteiger partial charge is 0.490 e. The maximum atomic E-state index is 11.5. The van der Waals surface area contributed by atoms with Gasteiger partial charge in [0, 0.05) is 5.56 Å². The number of halogens is 1. The lowest BCUT2D eigenvalue weighted by molar-refractivity contribution is -0.386. The molecule has 0 heterocycles. The van der Waals surface area contributed by atoms with Gasteiger partial charge in [-0.05, 0) is 12.1 Å². The van der Waals surface area contributed by atoms with Crippen LogP contribution in [0, 0.1) is 10.1 Å². The molecule has 0 N–H and O–H groups in total. The van der Waals surface area contributed by atoms with Gasteiger partial charge in [0.05, 0.1) is 17.9 Å². The van der Waals surface area contributed by atoms with E-state index < -0.39 is 22.3 Å². The molecule has 0 atom stereocenters. The Bertz CT molecular complexity index is 486. The van der Waals surface area contributed by atoms with E-state index in [0.717, 1.165) is 6.07 Å². The first-order valence-electron chi connectivity index (χ1n) is 4.46. The summed E-state index contributed by atoms with van der Waals surface area (Å²) in [6.45, 7) is 0. The standard InChI is InChI=1S/C10H8ClNO5/c1-17-9-3-6(5-13)2-7(8(14)4-11)10(9)12(15)16/h2-3,5H,4H2,1H3. The van der Waals surface area contributed by atoms with Gasteiger partial charge in [-0.1, -0.05) is 0 Å². The fraction of sp³-hybridized carbons (Fsp3) is 0.200. The van der Waals surface area contributed by atoms with Crippen molar-refractivity contribution in [2.45, 2.75) is 0 Å². The van der Waals surface area contributed by atoms with Crippen molar-refractivity contribution in [1.82, 2.24) is 0 Å². The van der Waals surface area contributed by atoms with Gasteiger partial charge < -0.3 is 4.74 Å². The summed E-state index contributed by atoms with van der Waals surface area (Å²) in [7, 11) is 1.21. The average Bonchev–Trinajstić information content (AvgIpc) is 2.35. The number of rotatable bonds is 5. The number of Topliss-reactive ketones (excluding diaryl/α,β-unsaturated/α-hetero) is 1. The van der Waals surface area contributed by atoms with Gasteiger partial charge in [-0.25, -0.2) is 0 Å². The molecule has 7 heteroatoms. The summed E-state index contributed by atoms with van der Waals surface area (Å²) in [5, 5.41) is 10.9. The molecule has 0 amide bonds. The molecular weight excluding hydrogens is 250 g/mol. The SMILES string of the molecule is COc1cc(C=O)cc(C(=O)CCl)c1[N+](=O)[O-]. The number of ketones is 1. The van der Waals surface area contributed by atoms with Crippen molar-refractivity contribution in [3.63, 3.8) is 0 Å². The lowest BCUT2D eigenvalue weighted by Gasteiger charge is -2.06. The number of ether oxygens (including phenoxy) is 1. The summed E-state index contributed by atoms with van der Waals surface area (Å²) < 4.78 is 4.79. The maximum Gasteiger partial charge on any atom is 0.321 e. The molecule has 0 fully saturated rings. The van der Waals surface area contributed by atoms with E-state index in [4.69, 9.17) is 16.3 Å². The van der Waals surface area contributed by atoms with Gasteiger partial charge in [0.1, 0.15) is 11.8 Å². The van der Waals surface area contributed by atoms with Crippen LogP contribution in [0.2, 0.25) is 0 Å². The van der Waals surface area contributed by atoms with E-state index in [1.54, 1.807) is 0 Å². The minimum atomic E-state index is -0.743. The van der Waals surface area contributed by atoms with Crippen LogP contribution < -0.4 is 4.74 Å². The summed E-state index contributed by atoms with van der Waals surface area (Å²) >= 11 is 5.35. The van der Waals surface area contributed by atoms with E-state index in [-0.39, 0.29) is 16.9 Å². The number of nitrogens with zero attached hydrogens (tertiary/aromatic N) is 1. The third-order valence-electron chi connectivity index (χ3n) is 2.06. The third-order valence-corrected chi connectivity index (χ3v) is 2.30. The number of benzene rings is 1. The first-order valence-corrected chi connectivity index (χ1v) is 4.99. The van der Waals surface area contributed by atoms with Crippen LogP contribution >= 0.6 is 11.6 Å². The Morgan fingerprint density at radius 1 is 1.59 bits per heavy atom. The molecule has 0 aliphatic rings. The molecule has 1 aromatic rings. The lowest BCUT2D eigenvalue weighted by Crippen LogP contribution is -2.07. The molecule has 6 nitrogen and oxygen atoms in total. The molecule has 0 unspecified atom stereocenters. The van der Waals surface area contributed by atoms with Gasteiger partial charge in [-0.15, -0.1) is 11.6 Å². The molecule has 0 spiro atoms. The number of nitro groups is 1. The highest BCUT2D eigenvalue weighted by Crippen LogP contribution is 2.32. The number of aldehydes is 1. The molecule has 90 valence electrons. The average molecular weight is 258 g/mol. The monoisotopic (exact) mass is 257 g/mol. The van der Waals surface area contributed by atoms with E-state index in [0.29, 0.717) is 6.29 Å². The quantitative estimate of drug-likeness (QED) is 0.264. The van der Waals surface area contributed by atoms with Crippen LogP contribution in [0.1, 0.15) is 20.7 Å². The van der Waals surface area contributed by atoms with Crippen molar-refractivity contribution >= 4 is 29.4 Å². The van der Waals surface area contributed by atoms with E-state index in [1.165, 1.54) is 13.2 Å². The zero-order valence-electron chi connectivity index (χ0n) is 8.81. The smallest absolute Gasteiger partial charge is 0.321 e. The molecule has 1 rings (SSSR count). The van der Waals surface area contributed by atoms with Crippen LogP contribution in [-0.4, -0.2) is 30.0 Å². The van der Waals surface area contributed by atoms with Gasteiger partial charge in [0.25, 0.3) is 0 Å². The number of carbonyl (C=O) groups excluding carboxylic acids is 2. The Hall–Kier alpha value is -1.95. The molecule has 0 aromatic heterocycles. The molecular formula is C10H8ClNO5. The minimum absolute atomic E-state index is 0.112. The molecule has 0 saturated carbocycles. The van der Waals surface area contributed by atoms with E-state index in [9.17, 15) is 19.7 Å². The van der Waals surface area contributed by atoms with Crippen LogP contribution in [0.25, 0.3) is 0 Å². The number of hydrogen-bond acceptors (Lipinski definition) is 5. The summed E-state index contributed by atoms with van der Waals surface area (Å²) in [6, 6.07) is 2.31. The van der Waals surface area contributed by atoms with Crippen LogP contribution in [0.4, 0.5) is 5.69 Å². The Labute approximate surface area is 101 Å². The molecule has 0 radical (unpaired) electrons. The summed E-state index contributed by atoms with van der Waals surface area (Å²) in [4.78, 5) is 32.2. The Morgan fingerprint density at radius 3 is 2.65 bits per heavy atom. The summed E-state index contributed by atoms with van der Waals surface area (Å²) in [5.41, 5.74) is -0.601. The second-order valence-corrected chi connectivity index (χ2v) is 3.32. The van der Waals surface area contributed by atoms with Crippen molar-refractivity contribution in [2.24, 2.45) is 0 Å². The Morgan fingerprint density at radius 2 is 2.24 bits per heavy atom. The van der Waals surface area contributed by atoms with Gasteiger partial charge >= 0.3 is 5.69 Å². The molecule has 17 heavy (non-hydrogen) atoms. The molecule has 0 aliphatic carbocycles.